The maximum Gasteiger partial charge on any atom is 0.179 e. The molecule has 3 nitrogen and oxygen atoms in total. The van der Waals surface area contributed by atoms with Gasteiger partial charge in [-0.3, -0.25) is 0 Å². The normalized spacial score (nSPS) is 17.8. The summed E-state index contributed by atoms with van der Waals surface area (Å²) in [4.78, 5) is 0. The van der Waals surface area contributed by atoms with Gasteiger partial charge in [-0.25, -0.2) is 0 Å². The topological polar surface area (TPSA) is 38.7 Å². The van der Waals surface area contributed by atoms with Gasteiger partial charge in [-0.05, 0) is 37.0 Å². The molecule has 1 aliphatic carbocycles. The van der Waals surface area contributed by atoms with Crippen LogP contribution in [0.1, 0.15) is 24.8 Å². The van der Waals surface area contributed by atoms with E-state index in [4.69, 9.17) is 21.1 Å². The number of aliphatic hydroxyl groups is 1. The monoisotopic (exact) mass is 242 g/mol. The lowest BCUT2D eigenvalue weighted by Crippen LogP contribution is -2.33. The maximum absolute atomic E-state index is 10.2. The van der Waals surface area contributed by atoms with Gasteiger partial charge in [-0.15, -0.1) is 0 Å². The molecule has 88 valence electrons. The van der Waals surface area contributed by atoms with Crippen LogP contribution in [-0.2, 0) is 5.60 Å². The zero-order chi connectivity index (χ0) is 11.8. The number of methoxy groups -OCH3 is 2. The van der Waals surface area contributed by atoms with Crippen molar-refractivity contribution in [2.75, 3.05) is 14.2 Å². The van der Waals surface area contributed by atoms with Crippen molar-refractivity contribution in [2.24, 2.45) is 0 Å². The minimum Gasteiger partial charge on any atom is -0.493 e. The van der Waals surface area contributed by atoms with Gasteiger partial charge < -0.3 is 14.6 Å². The van der Waals surface area contributed by atoms with Crippen molar-refractivity contribution in [1.29, 1.82) is 0 Å². The Morgan fingerprint density at radius 3 is 2.38 bits per heavy atom. The van der Waals surface area contributed by atoms with Crippen LogP contribution in [0.25, 0.3) is 0 Å². The number of halogens is 1. The highest BCUT2D eigenvalue weighted by molar-refractivity contribution is 6.32. The summed E-state index contributed by atoms with van der Waals surface area (Å²) in [6.07, 6.45) is 2.60. The van der Waals surface area contributed by atoms with Crippen LogP contribution >= 0.6 is 11.6 Å². The van der Waals surface area contributed by atoms with Gasteiger partial charge in [0.15, 0.2) is 11.5 Å². The second-order valence-corrected chi connectivity index (χ2v) is 4.49. The molecule has 0 aliphatic heterocycles. The van der Waals surface area contributed by atoms with Crippen LogP contribution in [0.2, 0.25) is 5.02 Å². The fraction of sp³-hybridized carbons (Fsp3) is 0.500. The van der Waals surface area contributed by atoms with Gasteiger partial charge in [-0.2, -0.15) is 0 Å². The van der Waals surface area contributed by atoms with Gasteiger partial charge >= 0.3 is 0 Å². The third-order valence-electron chi connectivity index (χ3n) is 3.15. The summed E-state index contributed by atoms with van der Waals surface area (Å²) >= 11 is 6.08. The van der Waals surface area contributed by atoms with E-state index >= 15 is 0 Å². The molecule has 1 aromatic carbocycles. The van der Waals surface area contributed by atoms with E-state index in [1.54, 1.807) is 26.4 Å². The highest BCUT2D eigenvalue weighted by atomic mass is 35.5. The van der Waals surface area contributed by atoms with Crippen LogP contribution in [0, 0.1) is 0 Å². The molecule has 1 N–H and O–H groups in total. The molecule has 0 saturated heterocycles. The zero-order valence-corrected chi connectivity index (χ0v) is 10.2. The Morgan fingerprint density at radius 1 is 1.25 bits per heavy atom. The third kappa shape index (κ3) is 1.74. The van der Waals surface area contributed by atoms with E-state index in [0.717, 1.165) is 24.8 Å². The lowest BCUT2D eigenvalue weighted by Gasteiger charge is -2.37. The van der Waals surface area contributed by atoms with E-state index in [1.165, 1.54) is 0 Å². The molecule has 2 rings (SSSR count). The number of hydrogen-bond donors (Lipinski definition) is 1. The molecular formula is C12H15ClO3. The Labute approximate surface area is 99.9 Å². The molecule has 1 fully saturated rings. The molecule has 0 atom stereocenters. The zero-order valence-electron chi connectivity index (χ0n) is 9.42. The van der Waals surface area contributed by atoms with Gasteiger partial charge in [0.1, 0.15) is 0 Å². The van der Waals surface area contributed by atoms with Crippen LogP contribution in [-0.4, -0.2) is 19.3 Å². The van der Waals surface area contributed by atoms with E-state index in [9.17, 15) is 5.11 Å². The average molecular weight is 243 g/mol. The van der Waals surface area contributed by atoms with Crippen LogP contribution in [0.3, 0.4) is 0 Å². The Hall–Kier alpha value is -0.930. The van der Waals surface area contributed by atoms with Crippen molar-refractivity contribution in [3.05, 3.63) is 22.7 Å². The van der Waals surface area contributed by atoms with Gasteiger partial charge in [0.25, 0.3) is 0 Å². The number of ether oxygens (including phenoxy) is 2. The Kier molecular flexibility index (Phi) is 3.00. The number of rotatable bonds is 3. The summed E-state index contributed by atoms with van der Waals surface area (Å²) < 4.78 is 10.3. The summed E-state index contributed by atoms with van der Waals surface area (Å²) in [6.45, 7) is 0. The highest BCUT2D eigenvalue weighted by Gasteiger charge is 2.37. The van der Waals surface area contributed by atoms with Crippen LogP contribution in [0.5, 0.6) is 11.5 Å². The predicted molar refractivity (Wildman–Crippen MR) is 62.3 cm³/mol. The molecule has 16 heavy (non-hydrogen) atoms. The van der Waals surface area contributed by atoms with Crippen molar-refractivity contribution in [3.63, 3.8) is 0 Å². The second kappa shape index (κ2) is 4.15. The van der Waals surface area contributed by atoms with Gasteiger partial charge in [0.05, 0.1) is 24.8 Å². The molecule has 0 heterocycles. The predicted octanol–water partition coefficient (Wildman–Crippen LogP) is 2.73. The smallest absolute Gasteiger partial charge is 0.179 e. The van der Waals surface area contributed by atoms with Crippen LogP contribution in [0.15, 0.2) is 12.1 Å². The summed E-state index contributed by atoms with van der Waals surface area (Å²) in [7, 11) is 3.10. The van der Waals surface area contributed by atoms with Gasteiger partial charge in [-0.1, -0.05) is 11.6 Å². The molecule has 0 radical (unpaired) electrons. The maximum atomic E-state index is 10.2. The molecule has 0 unspecified atom stereocenters. The Balaban J connectivity index is 2.45. The van der Waals surface area contributed by atoms with Gasteiger partial charge in [0.2, 0.25) is 0 Å². The first-order valence-electron chi connectivity index (χ1n) is 5.25. The average Bonchev–Trinajstić information content (AvgIpc) is 2.24. The van der Waals surface area contributed by atoms with Crippen molar-refractivity contribution in [1.82, 2.24) is 0 Å². The lowest BCUT2D eigenvalue weighted by molar-refractivity contribution is -0.0389. The van der Waals surface area contributed by atoms with Crippen LogP contribution in [0.4, 0.5) is 0 Å². The summed E-state index contributed by atoms with van der Waals surface area (Å²) in [5.74, 6) is 1.07. The molecule has 1 aromatic rings. The number of benzene rings is 1. The Morgan fingerprint density at radius 2 is 1.94 bits per heavy atom. The standard InChI is InChI=1S/C12H15ClO3/c1-15-10-7-8(12(14)4-3-5-12)6-9(13)11(10)16-2/h6-7,14H,3-5H2,1-2H3. The quantitative estimate of drug-likeness (QED) is 0.886. The van der Waals surface area contributed by atoms with Crippen molar-refractivity contribution in [3.8, 4) is 11.5 Å². The first-order chi connectivity index (χ1) is 7.60. The van der Waals surface area contributed by atoms with Gasteiger partial charge in [0, 0.05) is 0 Å². The molecule has 1 saturated carbocycles. The minimum atomic E-state index is -0.733. The first kappa shape index (κ1) is 11.6. The third-order valence-corrected chi connectivity index (χ3v) is 3.43. The van der Waals surface area contributed by atoms with E-state index in [0.29, 0.717) is 16.5 Å². The largest absolute Gasteiger partial charge is 0.493 e. The summed E-state index contributed by atoms with van der Waals surface area (Å²) in [5.41, 5.74) is 0.0739. The summed E-state index contributed by atoms with van der Waals surface area (Å²) in [6, 6.07) is 3.55. The molecule has 0 bridgehead atoms. The van der Waals surface area contributed by atoms with E-state index in [1.807, 2.05) is 0 Å². The molecule has 0 spiro atoms. The molecule has 4 heteroatoms. The summed E-state index contributed by atoms with van der Waals surface area (Å²) in [5, 5.41) is 10.7. The Bertz CT molecular complexity index is 399. The van der Waals surface area contributed by atoms with E-state index in [-0.39, 0.29) is 0 Å². The minimum absolute atomic E-state index is 0.470. The lowest BCUT2D eigenvalue weighted by atomic mass is 9.75. The van der Waals surface area contributed by atoms with E-state index in [2.05, 4.69) is 0 Å². The highest BCUT2D eigenvalue weighted by Crippen LogP contribution is 2.46. The molecule has 1 aliphatic rings. The van der Waals surface area contributed by atoms with Crippen LogP contribution < -0.4 is 9.47 Å². The SMILES string of the molecule is COc1cc(C2(O)CCC2)cc(Cl)c1OC. The molecule has 0 aromatic heterocycles. The second-order valence-electron chi connectivity index (χ2n) is 4.08. The first-order valence-corrected chi connectivity index (χ1v) is 5.63. The molecule has 0 amide bonds. The molecular weight excluding hydrogens is 228 g/mol. The van der Waals surface area contributed by atoms with Crippen molar-refractivity contribution >= 4 is 11.6 Å². The fourth-order valence-corrected chi connectivity index (χ4v) is 2.27. The van der Waals surface area contributed by atoms with Crippen molar-refractivity contribution < 1.29 is 14.6 Å². The fourth-order valence-electron chi connectivity index (χ4n) is 1.99. The van der Waals surface area contributed by atoms with Crippen molar-refractivity contribution in [2.45, 2.75) is 24.9 Å². The number of hydrogen-bond acceptors (Lipinski definition) is 3. The van der Waals surface area contributed by atoms with E-state index < -0.39 is 5.60 Å².